The Bertz CT molecular complexity index is 479. The number of hydrogen-bond acceptors (Lipinski definition) is 6. The summed E-state index contributed by atoms with van der Waals surface area (Å²) in [4.78, 5) is 12.7. The number of nitrogens with two attached hydrogens (primary N) is 2. The van der Waals surface area contributed by atoms with Crippen LogP contribution >= 0.6 is 0 Å². The average molecular weight is 283 g/mol. The number of β-amino-alcohol motifs (C(OH)–C–C–N with tert-alkyl or cyclic N) is 2. The number of nitrogens with zero attached hydrogens (tertiary/aromatic N) is 3. The van der Waals surface area contributed by atoms with E-state index >= 15 is 0 Å². The van der Waals surface area contributed by atoms with Gasteiger partial charge in [-0.2, -0.15) is 5.10 Å². The van der Waals surface area contributed by atoms with Gasteiger partial charge in [-0.25, -0.2) is 4.68 Å². The molecule has 0 radical (unpaired) electrons. The van der Waals surface area contributed by atoms with E-state index in [9.17, 15) is 15.0 Å². The number of hydrogen-bond donors (Lipinski definition) is 4. The molecule has 0 aromatic carbocycles. The molecule has 0 saturated carbocycles. The Balaban J connectivity index is 2.13. The molecule has 2 heterocycles. The van der Waals surface area contributed by atoms with Gasteiger partial charge in [-0.3, -0.25) is 4.79 Å². The van der Waals surface area contributed by atoms with E-state index in [-0.39, 0.29) is 18.2 Å². The maximum Gasteiger partial charge on any atom is 0.217 e. The smallest absolute Gasteiger partial charge is 0.217 e. The van der Waals surface area contributed by atoms with Crippen LogP contribution in [0.1, 0.15) is 13.3 Å². The monoisotopic (exact) mass is 283 g/mol. The number of aliphatic hydroxyl groups is 2. The lowest BCUT2D eigenvalue weighted by Gasteiger charge is -2.21. The van der Waals surface area contributed by atoms with Crippen molar-refractivity contribution < 1.29 is 15.0 Å². The van der Waals surface area contributed by atoms with Gasteiger partial charge < -0.3 is 26.6 Å². The number of rotatable bonds is 5. The van der Waals surface area contributed by atoms with E-state index in [1.807, 2.05) is 6.92 Å². The second-order valence-electron chi connectivity index (χ2n) is 5.42. The number of aliphatic hydroxyl groups excluding tert-OH is 2. The average Bonchev–Trinajstić information content (AvgIpc) is 2.82. The molecule has 20 heavy (non-hydrogen) atoms. The fraction of sp³-hybridized carbons (Fsp3) is 0.667. The van der Waals surface area contributed by atoms with Crippen LogP contribution in [0.5, 0.6) is 0 Å². The van der Waals surface area contributed by atoms with Crippen LogP contribution in [0.3, 0.4) is 0 Å². The molecular formula is C12H21N5O3. The van der Waals surface area contributed by atoms with Gasteiger partial charge in [0.05, 0.1) is 24.1 Å². The number of anilines is 2. The lowest BCUT2D eigenvalue weighted by Crippen LogP contribution is -2.27. The Morgan fingerprint density at radius 1 is 1.50 bits per heavy atom. The van der Waals surface area contributed by atoms with Gasteiger partial charge in [0, 0.05) is 26.1 Å². The lowest BCUT2D eigenvalue weighted by atomic mass is 10.1. The number of nitrogen functional groups attached to an aromatic ring is 1. The van der Waals surface area contributed by atoms with Crippen molar-refractivity contribution in [1.29, 1.82) is 0 Å². The standard InChI is InChI=1S/C12H21N5O3/c1-7(2-11(14)20)4-17-12(8(13)3-15-17)16-5-9(18)10(19)6-16/h3,7,9-10,18-19H,2,4-6,13H2,1H3,(H2,14,20). The zero-order chi connectivity index (χ0) is 14.9. The van der Waals surface area contributed by atoms with Crippen molar-refractivity contribution in [2.24, 2.45) is 11.7 Å². The van der Waals surface area contributed by atoms with Gasteiger partial charge in [-0.1, -0.05) is 6.92 Å². The van der Waals surface area contributed by atoms with Crippen molar-refractivity contribution >= 4 is 17.4 Å². The van der Waals surface area contributed by atoms with Crippen molar-refractivity contribution in [3.05, 3.63) is 6.20 Å². The van der Waals surface area contributed by atoms with Crippen molar-refractivity contribution in [2.45, 2.75) is 32.1 Å². The Hall–Kier alpha value is -1.80. The highest BCUT2D eigenvalue weighted by atomic mass is 16.3. The van der Waals surface area contributed by atoms with Crippen LogP contribution in [-0.2, 0) is 11.3 Å². The molecule has 1 aromatic rings. The third-order valence-corrected chi connectivity index (χ3v) is 3.43. The van der Waals surface area contributed by atoms with Gasteiger partial charge in [-0.05, 0) is 5.92 Å². The summed E-state index contributed by atoms with van der Waals surface area (Å²) >= 11 is 0. The molecule has 1 aliphatic heterocycles. The first-order chi connectivity index (χ1) is 9.38. The predicted molar refractivity (Wildman–Crippen MR) is 73.8 cm³/mol. The van der Waals surface area contributed by atoms with E-state index < -0.39 is 12.2 Å². The number of aromatic nitrogens is 2. The molecule has 0 spiro atoms. The molecule has 0 aliphatic carbocycles. The molecule has 1 saturated heterocycles. The highest BCUT2D eigenvalue weighted by Crippen LogP contribution is 2.27. The molecule has 1 fully saturated rings. The third-order valence-electron chi connectivity index (χ3n) is 3.43. The van der Waals surface area contributed by atoms with Crippen LogP contribution in [0.4, 0.5) is 11.5 Å². The van der Waals surface area contributed by atoms with Crippen LogP contribution < -0.4 is 16.4 Å². The molecule has 6 N–H and O–H groups in total. The first-order valence-electron chi connectivity index (χ1n) is 6.59. The summed E-state index contributed by atoms with van der Waals surface area (Å²) in [5.41, 5.74) is 11.6. The zero-order valence-electron chi connectivity index (χ0n) is 11.4. The zero-order valence-corrected chi connectivity index (χ0v) is 11.4. The topological polar surface area (TPSA) is 131 Å². The SMILES string of the molecule is CC(CC(N)=O)Cn1ncc(N)c1N1CC(O)C(O)C1. The lowest BCUT2D eigenvalue weighted by molar-refractivity contribution is -0.118. The number of carbonyl (C=O) groups excluding carboxylic acids is 1. The molecule has 112 valence electrons. The summed E-state index contributed by atoms with van der Waals surface area (Å²) in [6.45, 7) is 3.01. The molecule has 3 unspecified atom stereocenters. The molecule has 8 heteroatoms. The van der Waals surface area contributed by atoms with Gasteiger partial charge in [0.2, 0.25) is 5.91 Å². The minimum Gasteiger partial charge on any atom is -0.394 e. The summed E-state index contributed by atoms with van der Waals surface area (Å²) in [6, 6.07) is 0. The molecule has 8 nitrogen and oxygen atoms in total. The van der Waals surface area contributed by atoms with E-state index in [0.29, 0.717) is 31.1 Å². The molecule has 1 aromatic heterocycles. The fourth-order valence-electron chi connectivity index (χ4n) is 2.52. The second-order valence-corrected chi connectivity index (χ2v) is 5.42. The van der Waals surface area contributed by atoms with Crippen LogP contribution in [0.2, 0.25) is 0 Å². The first kappa shape index (κ1) is 14.6. The second kappa shape index (κ2) is 5.68. The van der Waals surface area contributed by atoms with Gasteiger partial charge in [-0.15, -0.1) is 0 Å². The minimum atomic E-state index is -0.791. The minimum absolute atomic E-state index is 0.0306. The van der Waals surface area contributed by atoms with E-state index in [2.05, 4.69) is 5.10 Å². The number of amides is 1. The first-order valence-corrected chi connectivity index (χ1v) is 6.59. The van der Waals surface area contributed by atoms with Gasteiger partial charge >= 0.3 is 0 Å². The van der Waals surface area contributed by atoms with Crippen molar-refractivity contribution in [3.8, 4) is 0 Å². The largest absolute Gasteiger partial charge is 0.394 e. The highest BCUT2D eigenvalue weighted by molar-refractivity contribution is 5.74. The summed E-state index contributed by atoms with van der Waals surface area (Å²) in [6.07, 6.45) is 0.218. The molecule has 1 aliphatic rings. The predicted octanol–water partition coefficient (Wildman–Crippen LogP) is -1.48. The molecule has 1 amide bonds. The van der Waals surface area contributed by atoms with Crippen LogP contribution in [0.25, 0.3) is 0 Å². The van der Waals surface area contributed by atoms with Crippen LogP contribution in [0.15, 0.2) is 6.20 Å². The molecule has 2 rings (SSSR count). The summed E-state index contributed by atoms with van der Waals surface area (Å²) < 4.78 is 1.69. The summed E-state index contributed by atoms with van der Waals surface area (Å²) in [5, 5.41) is 23.4. The van der Waals surface area contributed by atoms with Gasteiger partial charge in [0.25, 0.3) is 0 Å². The quantitative estimate of drug-likeness (QED) is 0.521. The Morgan fingerprint density at radius 3 is 2.65 bits per heavy atom. The van der Waals surface area contributed by atoms with Crippen LogP contribution in [0, 0.1) is 5.92 Å². The Kier molecular flexibility index (Phi) is 4.15. The Morgan fingerprint density at radius 2 is 2.10 bits per heavy atom. The van der Waals surface area contributed by atoms with E-state index in [1.165, 1.54) is 6.20 Å². The van der Waals surface area contributed by atoms with Crippen LogP contribution in [-0.4, -0.2) is 51.2 Å². The number of carbonyl (C=O) groups is 1. The van der Waals surface area contributed by atoms with Gasteiger partial charge in [0.1, 0.15) is 0 Å². The van der Waals surface area contributed by atoms with Crippen molar-refractivity contribution in [3.63, 3.8) is 0 Å². The number of primary amides is 1. The maximum absolute atomic E-state index is 10.9. The van der Waals surface area contributed by atoms with E-state index in [1.54, 1.807) is 9.58 Å². The Labute approximate surface area is 117 Å². The molecular weight excluding hydrogens is 262 g/mol. The summed E-state index contributed by atoms with van der Waals surface area (Å²) in [7, 11) is 0. The normalized spacial score (nSPS) is 24.1. The van der Waals surface area contributed by atoms with Gasteiger partial charge in [0.15, 0.2) is 5.82 Å². The molecule has 3 atom stereocenters. The van der Waals surface area contributed by atoms with E-state index in [0.717, 1.165) is 0 Å². The maximum atomic E-state index is 10.9. The highest BCUT2D eigenvalue weighted by Gasteiger charge is 2.32. The van der Waals surface area contributed by atoms with Crippen molar-refractivity contribution in [2.75, 3.05) is 23.7 Å². The molecule has 0 bridgehead atoms. The summed E-state index contributed by atoms with van der Waals surface area (Å²) in [5.74, 6) is 0.339. The van der Waals surface area contributed by atoms with Crippen molar-refractivity contribution in [1.82, 2.24) is 9.78 Å². The third kappa shape index (κ3) is 3.02. The fourth-order valence-corrected chi connectivity index (χ4v) is 2.52. The van der Waals surface area contributed by atoms with E-state index in [4.69, 9.17) is 11.5 Å².